The summed E-state index contributed by atoms with van der Waals surface area (Å²) < 4.78 is 5.72. The van der Waals surface area contributed by atoms with Gasteiger partial charge in [-0.25, -0.2) is 0 Å². The molecule has 0 unspecified atom stereocenters. The number of carbonyl (C=O) groups excluding carboxylic acids is 2. The summed E-state index contributed by atoms with van der Waals surface area (Å²) >= 11 is 6.48. The van der Waals surface area contributed by atoms with Crippen LogP contribution in [0.1, 0.15) is 24.5 Å². The number of anilines is 2. The Morgan fingerprint density at radius 2 is 1.77 bits per heavy atom. The number of nitrogens with zero attached hydrogens (tertiary/aromatic N) is 2. The number of benzene rings is 2. The van der Waals surface area contributed by atoms with E-state index in [0.717, 1.165) is 16.8 Å². The van der Waals surface area contributed by atoms with Crippen LogP contribution in [0.5, 0.6) is 5.75 Å². The van der Waals surface area contributed by atoms with E-state index in [1.807, 2.05) is 62.1 Å². The summed E-state index contributed by atoms with van der Waals surface area (Å²) in [4.78, 5) is 28.5. The minimum atomic E-state index is -0.251. The summed E-state index contributed by atoms with van der Waals surface area (Å²) in [6.07, 6.45) is 0.508. The van der Waals surface area contributed by atoms with E-state index in [9.17, 15) is 9.59 Å². The number of piperazine rings is 1. The Kier molecular flexibility index (Phi) is 7.21. The average molecular weight is 430 g/mol. The SMILES string of the molecule is CCC(=O)N1CCN(c2c(Cl)cccc2NC(=O)COc2cccc(C)c2C)CC1. The number of amides is 2. The summed E-state index contributed by atoms with van der Waals surface area (Å²) in [6, 6.07) is 11.2. The molecule has 0 aliphatic carbocycles. The van der Waals surface area contributed by atoms with Crippen molar-refractivity contribution in [3.05, 3.63) is 52.5 Å². The number of hydrogen-bond donors (Lipinski definition) is 1. The topological polar surface area (TPSA) is 61.9 Å². The average Bonchev–Trinajstić information content (AvgIpc) is 2.74. The van der Waals surface area contributed by atoms with E-state index in [1.165, 1.54) is 0 Å². The number of para-hydroxylation sites is 1. The van der Waals surface area contributed by atoms with Gasteiger partial charge >= 0.3 is 0 Å². The van der Waals surface area contributed by atoms with Crippen molar-refractivity contribution in [1.82, 2.24) is 4.90 Å². The zero-order chi connectivity index (χ0) is 21.7. The van der Waals surface area contributed by atoms with Crippen molar-refractivity contribution in [2.75, 3.05) is 43.0 Å². The fourth-order valence-corrected chi connectivity index (χ4v) is 3.84. The Morgan fingerprint density at radius 3 is 2.47 bits per heavy atom. The summed E-state index contributed by atoms with van der Waals surface area (Å²) in [7, 11) is 0. The molecular formula is C23H28ClN3O3. The summed E-state index contributed by atoms with van der Waals surface area (Å²) in [5.41, 5.74) is 3.56. The number of aryl methyl sites for hydroxylation is 1. The molecule has 30 heavy (non-hydrogen) atoms. The van der Waals surface area contributed by atoms with E-state index in [-0.39, 0.29) is 18.4 Å². The van der Waals surface area contributed by atoms with E-state index in [2.05, 4.69) is 10.2 Å². The van der Waals surface area contributed by atoms with Crippen LogP contribution in [0.4, 0.5) is 11.4 Å². The fourth-order valence-electron chi connectivity index (χ4n) is 3.55. The molecule has 7 heteroatoms. The van der Waals surface area contributed by atoms with Gasteiger partial charge in [-0.3, -0.25) is 9.59 Å². The van der Waals surface area contributed by atoms with Crippen LogP contribution in [0, 0.1) is 13.8 Å². The van der Waals surface area contributed by atoms with Crippen LogP contribution in [0.2, 0.25) is 5.02 Å². The van der Waals surface area contributed by atoms with Crippen LogP contribution in [0.25, 0.3) is 0 Å². The third kappa shape index (κ3) is 5.05. The Hall–Kier alpha value is -2.73. The normalized spacial score (nSPS) is 13.9. The molecule has 1 fully saturated rings. The molecule has 2 aromatic carbocycles. The summed E-state index contributed by atoms with van der Waals surface area (Å²) in [6.45, 7) is 8.37. The Morgan fingerprint density at radius 1 is 1.07 bits per heavy atom. The maximum absolute atomic E-state index is 12.6. The highest BCUT2D eigenvalue weighted by Crippen LogP contribution is 2.34. The zero-order valence-electron chi connectivity index (χ0n) is 17.7. The predicted molar refractivity (Wildman–Crippen MR) is 121 cm³/mol. The third-order valence-corrected chi connectivity index (χ3v) is 5.73. The molecule has 6 nitrogen and oxygen atoms in total. The van der Waals surface area contributed by atoms with Crippen LogP contribution >= 0.6 is 11.6 Å². The number of halogens is 1. The largest absolute Gasteiger partial charge is 0.483 e. The second-order valence-electron chi connectivity index (χ2n) is 7.39. The van der Waals surface area contributed by atoms with E-state index in [4.69, 9.17) is 16.3 Å². The highest BCUT2D eigenvalue weighted by molar-refractivity contribution is 6.34. The Bertz CT molecular complexity index is 924. The van der Waals surface area contributed by atoms with Gasteiger partial charge in [-0.1, -0.05) is 36.7 Å². The van der Waals surface area contributed by atoms with Gasteiger partial charge in [0.2, 0.25) is 5.91 Å². The molecule has 0 aromatic heterocycles. The predicted octanol–water partition coefficient (Wildman–Crippen LogP) is 4.03. The van der Waals surface area contributed by atoms with Crippen LogP contribution in [0.3, 0.4) is 0 Å². The number of hydrogen-bond acceptors (Lipinski definition) is 4. The molecule has 3 rings (SSSR count). The quantitative estimate of drug-likeness (QED) is 0.753. The molecule has 0 spiro atoms. The first-order valence-corrected chi connectivity index (χ1v) is 10.6. The van der Waals surface area contributed by atoms with Crippen molar-refractivity contribution in [2.45, 2.75) is 27.2 Å². The van der Waals surface area contributed by atoms with Gasteiger partial charge in [0.05, 0.1) is 16.4 Å². The van der Waals surface area contributed by atoms with Crippen LogP contribution < -0.4 is 15.0 Å². The van der Waals surface area contributed by atoms with E-state index in [1.54, 1.807) is 0 Å². The molecular weight excluding hydrogens is 402 g/mol. The Labute approximate surface area is 182 Å². The maximum atomic E-state index is 12.6. The molecule has 1 aliphatic heterocycles. The second-order valence-corrected chi connectivity index (χ2v) is 7.80. The van der Waals surface area contributed by atoms with E-state index >= 15 is 0 Å². The number of nitrogens with one attached hydrogen (secondary N) is 1. The number of ether oxygens (including phenoxy) is 1. The van der Waals surface area contributed by atoms with Crippen molar-refractivity contribution < 1.29 is 14.3 Å². The number of carbonyl (C=O) groups is 2. The monoisotopic (exact) mass is 429 g/mol. The lowest BCUT2D eigenvalue weighted by Crippen LogP contribution is -2.48. The maximum Gasteiger partial charge on any atom is 0.262 e. The highest BCUT2D eigenvalue weighted by atomic mass is 35.5. The molecule has 2 aromatic rings. The van der Waals surface area contributed by atoms with Crippen molar-refractivity contribution in [3.8, 4) is 5.75 Å². The van der Waals surface area contributed by atoms with Crippen molar-refractivity contribution >= 4 is 34.8 Å². The van der Waals surface area contributed by atoms with Crippen molar-refractivity contribution in [3.63, 3.8) is 0 Å². The van der Waals surface area contributed by atoms with Gasteiger partial charge in [0.1, 0.15) is 5.75 Å². The minimum Gasteiger partial charge on any atom is -0.483 e. The molecule has 160 valence electrons. The van der Waals surface area contributed by atoms with Crippen molar-refractivity contribution in [1.29, 1.82) is 0 Å². The molecule has 0 atom stereocenters. The molecule has 0 bridgehead atoms. The van der Waals surface area contributed by atoms with Gasteiger partial charge in [0.25, 0.3) is 5.91 Å². The first kappa shape index (κ1) is 22.0. The van der Waals surface area contributed by atoms with Crippen molar-refractivity contribution in [2.24, 2.45) is 0 Å². The lowest BCUT2D eigenvalue weighted by atomic mass is 10.1. The fraction of sp³-hybridized carbons (Fsp3) is 0.391. The number of rotatable bonds is 6. The lowest BCUT2D eigenvalue weighted by Gasteiger charge is -2.37. The molecule has 0 radical (unpaired) electrons. The van der Waals surface area contributed by atoms with Crippen LogP contribution in [-0.4, -0.2) is 49.5 Å². The Balaban J connectivity index is 1.67. The van der Waals surface area contributed by atoms with E-state index in [0.29, 0.717) is 49.1 Å². The molecule has 1 heterocycles. The molecule has 2 amide bonds. The van der Waals surface area contributed by atoms with Gasteiger partial charge in [-0.05, 0) is 43.2 Å². The smallest absolute Gasteiger partial charge is 0.262 e. The van der Waals surface area contributed by atoms with Crippen LogP contribution in [0.15, 0.2) is 36.4 Å². The first-order valence-electron chi connectivity index (χ1n) is 10.2. The molecule has 1 N–H and O–H groups in total. The van der Waals surface area contributed by atoms with E-state index < -0.39 is 0 Å². The highest BCUT2D eigenvalue weighted by Gasteiger charge is 2.24. The minimum absolute atomic E-state index is 0.0883. The van der Waals surface area contributed by atoms with Crippen LogP contribution in [-0.2, 0) is 9.59 Å². The molecule has 1 aliphatic rings. The summed E-state index contributed by atoms with van der Waals surface area (Å²) in [5, 5.41) is 3.50. The second kappa shape index (κ2) is 9.85. The molecule has 0 saturated carbocycles. The third-order valence-electron chi connectivity index (χ3n) is 5.43. The molecule has 1 saturated heterocycles. The van der Waals surface area contributed by atoms with Gasteiger partial charge < -0.3 is 19.9 Å². The first-order chi connectivity index (χ1) is 14.4. The summed E-state index contributed by atoms with van der Waals surface area (Å²) in [5.74, 6) is 0.610. The van der Waals surface area contributed by atoms with Gasteiger partial charge in [0, 0.05) is 32.6 Å². The van der Waals surface area contributed by atoms with Gasteiger partial charge in [-0.15, -0.1) is 0 Å². The lowest BCUT2D eigenvalue weighted by molar-refractivity contribution is -0.131. The van der Waals surface area contributed by atoms with Gasteiger partial charge in [0.15, 0.2) is 6.61 Å². The van der Waals surface area contributed by atoms with Gasteiger partial charge in [-0.2, -0.15) is 0 Å². The standard InChI is InChI=1S/C23H28ClN3O3/c1-4-22(29)26-11-13-27(14-12-26)23-18(24)8-6-9-19(23)25-21(28)15-30-20-10-5-7-16(2)17(20)3/h5-10H,4,11-15H2,1-3H3,(H,25,28). The zero-order valence-corrected chi connectivity index (χ0v) is 18.5.